The number of ether oxygens (including phenoxy) is 3. The van der Waals surface area contributed by atoms with E-state index in [4.69, 9.17) is 19.9 Å². The van der Waals surface area contributed by atoms with Crippen LogP contribution in [0.15, 0.2) is 12.1 Å². The van der Waals surface area contributed by atoms with E-state index >= 15 is 0 Å². The van der Waals surface area contributed by atoms with Crippen molar-refractivity contribution in [1.82, 2.24) is 0 Å². The van der Waals surface area contributed by atoms with Crippen LogP contribution in [0.25, 0.3) is 0 Å². The maximum atomic E-state index is 11.9. The molecule has 6 nitrogen and oxygen atoms in total. The van der Waals surface area contributed by atoms with Crippen LogP contribution in [-0.4, -0.2) is 40.3 Å². The number of nitrogens with two attached hydrogens (primary N) is 1. The zero-order valence-electron chi connectivity index (χ0n) is 11.9. The summed E-state index contributed by atoms with van der Waals surface area (Å²) in [6.07, 6.45) is 0. The molecule has 0 radical (unpaired) electrons. The number of likely N-dealkylation sites (N-methyl/N-ethyl adjacent to an activating group) is 1. The maximum absolute atomic E-state index is 11.9. The van der Waals surface area contributed by atoms with Crippen LogP contribution in [0, 0.1) is 0 Å². The monoisotopic (exact) mass is 268 g/mol. The number of hydrogen-bond donors (Lipinski definition) is 1. The minimum atomic E-state index is -0.580. The van der Waals surface area contributed by atoms with Crippen LogP contribution in [0.2, 0.25) is 0 Å². The van der Waals surface area contributed by atoms with Crippen LogP contribution in [0.3, 0.4) is 0 Å². The van der Waals surface area contributed by atoms with Crippen molar-refractivity contribution in [3.8, 4) is 17.2 Å². The second kappa shape index (κ2) is 6.29. The minimum Gasteiger partial charge on any atom is -0.493 e. The molecule has 1 rings (SSSR count). The molecule has 106 valence electrons. The molecule has 0 aliphatic rings. The van der Waals surface area contributed by atoms with E-state index in [0.717, 1.165) is 0 Å². The van der Waals surface area contributed by atoms with Crippen molar-refractivity contribution in [3.63, 3.8) is 0 Å². The molecule has 0 unspecified atom stereocenters. The quantitative estimate of drug-likeness (QED) is 0.863. The Labute approximate surface area is 113 Å². The third-order valence-corrected chi connectivity index (χ3v) is 2.76. The third-order valence-electron chi connectivity index (χ3n) is 2.76. The van der Waals surface area contributed by atoms with Crippen LogP contribution in [0.1, 0.15) is 6.92 Å². The SMILES string of the molecule is COc1cc(N(C)C(=O)[C@H](C)N)cc(OC)c1OC. The van der Waals surface area contributed by atoms with Crippen LogP contribution >= 0.6 is 0 Å². The summed E-state index contributed by atoms with van der Waals surface area (Å²) >= 11 is 0. The van der Waals surface area contributed by atoms with Gasteiger partial charge in [-0.2, -0.15) is 0 Å². The van der Waals surface area contributed by atoms with E-state index in [1.807, 2.05) is 0 Å². The van der Waals surface area contributed by atoms with Gasteiger partial charge in [-0.3, -0.25) is 4.79 Å². The number of nitrogens with zero attached hydrogens (tertiary/aromatic N) is 1. The standard InChI is InChI=1S/C13H20N2O4/c1-8(14)13(16)15(2)9-6-10(17-3)12(19-5)11(7-9)18-4/h6-8H,14H2,1-5H3/t8-/m0/s1. The number of amides is 1. The normalized spacial score (nSPS) is 11.7. The van der Waals surface area contributed by atoms with Gasteiger partial charge in [0.1, 0.15) is 0 Å². The molecule has 6 heteroatoms. The number of benzene rings is 1. The van der Waals surface area contributed by atoms with Gasteiger partial charge in [0.2, 0.25) is 11.7 Å². The summed E-state index contributed by atoms with van der Waals surface area (Å²) in [5, 5.41) is 0. The van der Waals surface area contributed by atoms with Gasteiger partial charge in [-0.1, -0.05) is 0 Å². The van der Waals surface area contributed by atoms with Gasteiger partial charge in [-0.25, -0.2) is 0 Å². The Morgan fingerprint density at radius 2 is 1.63 bits per heavy atom. The van der Waals surface area contributed by atoms with Gasteiger partial charge in [0.05, 0.1) is 33.1 Å². The second-order valence-corrected chi connectivity index (χ2v) is 4.07. The number of rotatable bonds is 5. The Morgan fingerprint density at radius 1 is 1.16 bits per heavy atom. The first-order chi connectivity index (χ1) is 8.96. The lowest BCUT2D eigenvalue weighted by molar-refractivity contribution is -0.119. The molecule has 0 saturated heterocycles. The first-order valence-electron chi connectivity index (χ1n) is 5.79. The van der Waals surface area contributed by atoms with Gasteiger partial charge in [-0.05, 0) is 6.92 Å². The van der Waals surface area contributed by atoms with Gasteiger partial charge < -0.3 is 24.8 Å². The highest BCUT2D eigenvalue weighted by Gasteiger charge is 2.20. The molecule has 2 N–H and O–H groups in total. The summed E-state index contributed by atoms with van der Waals surface area (Å²) in [4.78, 5) is 13.3. The van der Waals surface area contributed by atoms with E-state index in [1.165, 1.54) is 26.2 Å². The van der Waals surface area contributed by atoms with Gasteiger partial charge in [-0.15, -0.1) is 0 Å². The molecular weight excluding hydrogens is 248 g/mol. The molecule has 0 fully saturated rings. The molecule has 1 aromatic carbocycles. The van der Waals surface area contributed by atoms with Gasteiger partial charge >= 0.3 is 0 Å². The molecule has 19 heavy (non-hydrogen) atoms. The summed E-state index contributed by atoms with van der Waals surface area (Å²) < 4.78 is 15.7. The molecular formula is C13H20N2O4. The summed E-state index contributed by atoms with van der Waals surface area (Å²) in [5.41, 5.74) is 6.22. The molecule has 1 amide bonds. The lowest BCUT2D eigenvalue weighted by Crippen LogP contribution is -2.39. The third kappa shape index (κ3) is 3.08. The average Bonchev–Trinajstić information content (AvgIpc) is 2.43. The lowest BCUT2D eigenvalue weighted by atomic mass is 10.2. The average molecular weight is 268 g/mol. The number of hydrogen-bond acceptors (Lipinski definition) is 5. The van der Waals surface area contributed by atoms with Gasteiger partial charge in [0.25, 0.3) is 0 Å². The molecule has 0 aliphatic carbocycles. The zero-order valence-corrected chi connectivity index (χ0v) is 11.9. The number of carbonyl (C=O) groups is 1. The van der Waals surface area contributed by atoms with Gasteiger partial charge in [0.15, 0.2) is 11.5 Å². The van der Waals surface area contributed by atoms with Crippen molar-refractivity contribution in [2.24, 2.45) is 5.73 Å². The largest absolute Gasteiger partial charge is 0.493 e. The van der Waals surface area contributed by atoms with Gasteiger partial charge in [0, 0.05) is 19.2 Å². The highest BCUT2D eigenvalue weighted by Crippen LogP contribution is 2.40. The lowest BCUT2D eigenvalue weighted by Gasteiger charge is -2.22. The summed E-state index contributed by atoms with van der Waals surface area (Å²) in [6, 6.07) is 2.81. The van der Waals surface area contributed by atoms with Crippen molar-refractivity contribution >= 4 is 11.6 Å². The molecule has 0 bridgehead atoms. The van der Waals surface area contributed by atoms with E-state index in [1.54, 1.807) is 26.1 Å². The molecule has 0 heterocycles. The van der Waals surface area contributed by atoms with E-state index in [-0.39, 0.29) is 5.91 Å². The Kier molecular flexibility index (Phi) is 5.00. The smallest absolute Gasteiger partial charge is 0.243 e. The van der Waals surface area contributed by atoms with Crippen molar-refractivity contribution in [2.75, 3.05) is 33.3 Å². The Bertz CT molecular complexity index is 435. The number of anilines is 1. The molecule has 0 aromatic heterocycles. The fourth-order valence-electron chi connectivity index (χ4n) is 1.69. The predicted molar refractivity (Wildman–Crippen MR) is 73.2 cm³/mol. The molecule has 1 atom stereocenters. The molecule has 0 aliphatic heterocycles. The Balaban J connectivity index is 3.26. The summed E-state index contributed by atoms with van der Waals surface area (Å²) in [5.74, 6) is 1.26. The molecule has 0 saturated carbocycles. The first-order valence-corrected chi connectivity index (χ1v) is 5.79. The van der Waals surface area contributed by atoms with Crippen LogP contribution in [0.5, 0.6) is 17.2 Å². The van der Waals surface area contributed by atoms with Crippen molar-refractivity contribution in [3.05, 3.63) is 12.1 Å². The predicted octanol–water partition coefficient (Wildman–Crippen LogP) is 1.02. The maximum Gasteiger partial charge on any atom is 0.243 e. The van der Waals surface area contributed by atoms with Crippen molar-refractivity contribution in [2.45, 2.75) is 13.0 Å². The number of carbonyl (C=O) groups excluding carboxylic acids is 1. The topological polar surface area (TPSA) is 74.0 Å². The highest BCUT2D eigenvalue weighted by atomic mass is 16.5. The zero-order chi connectivity index (χ0) is 14.6. The number of methoxy groups -OCH3 is 3. The van der Waals surface area contributed by atoms with E-state index in [9.17, 15) is 4.79 Å². The van der Waals surface area contributed by atoms with Crippen molar-refractivity contribution < 1.29 is 19.0 Å². The van der Waals surface area contributed by atoms with Crippen LogP contribution in [0.4, 0.5) is 5.69 Å². The fraction of sp³-hybridized carbons (Fsp3) is 0.462. The highest BCUT2D eigenvalue weighted by molar-refractivity contribution is 5.96. The molecule has 0 spiro atoms. The summed E-state index contributed by atoms with van der Waals surface area (Å²) in [7, 11) is 6.21. The molecule has 1 aromatic rings. The van der Waals surface area contributed by atoms with E-state index < -0.39 is 6.04 Å². The second-order valence-electron chi connectivity index (χ2n) is 4.07. The summed E-state index contributed by atoms with van der Waals surface area (Å²) in [6.45, 7) is 1.64. The van der Waals surface area contributed by atoms with E-state index in [2.05, 4.69) is 0 Å². The van der Waals surface area contributed by atoms with E-state index in [0.29, 0.717) is 22.9 Å². The van der Waals surface area contributed by atoms with Crippen LogP contribution in [-0.2, 0) is 4.79 Å². The van der Waals surface area contributed by atoms with Crippen molar-refractivity contribution in [1.29, 1.82) is 0 Å². The fourth-order valence-corrected chi connectivity index (χ4v) is 1.69. The minimum absolute atomic E-state index is 0.200. The Hall–Kier alpha value is -1.95. The Morgan fingerprint density at radius 3 is 1.95 bits per heavy atom. The van der Waals surface area contributed by atoms with Crippen LogP contribution < -0.4 is 24.8 Å². The first kappa shape index (κ1) is 15.1.